The number of carbonyl (C=O) groups excluding carboxylic acids is 2. The second kappa shape index (κ2) is 13.2. The van der Waals surface area contributed by atoms with Crippen molar-refractivity contribution in [1.82, 2.24) is 25.2 Å². The fraction of sp³-hybridized carbons (Fsp3) is 0.333. The average Bonchev–Trinajstić information content (AvgIpc) is 3.59. The molecule has 4 aromatic rings. The normalized spacial score (nSPS) is 15.6. The summed E-state index contributed by atoms with van der Waals surface area (Å²) in [4.78, 5) is 43.4. The van der Waals surface area contributed by atoms with E-state index in [0.717, 1.165) is 28.7 Å². The largest absolute Gasteiger partial charge is 0.494 e. The molecule has 2 aromatic carbocycles. The Morgan fingerprint density at radius 1 is 1.25 bits per heavy atom. The first-order valence-corrected chi connectivity index (χ1v) is 14.7. The number of alkyl halides is 2. The molecule has 11 nitrogen and oxygen atoms in total. The van der Waals surface area contributed by atoms with E-state index in [1.165, 1.54) is 6.20 Å². The molecular formula is C30H33Cl2FN8O3. The van der Waals surface area contributed by atoms with E-state index >= 15 is 0 Å². The fourth-order valence-electron chi connectivity index (χ4n) is 5.11. The minimum Gasteiger partial charge on any atom is -0.494 e. The van der Waals surface area contributed by atoms with Crippen molar-refractivity contribution in [2.24, 2.45) is 0 Å². The number of rotatable bonds is 11. The summed E-state index contributed by atoms with van der Waals surface area (Å²) in [6, 6.07) is 10.5. The summed E-state index contributed by atoms with van der Waals surface area (Å²) >= 11 is 11.8. The molecule has 2 amide bonds. The van der Waals surface area contributed by atoms with Crippen LogP contribution in [0.5, 0.6) is 5.75 Å². The van der Waals surface area contributed by atoms with Crippen LogP contribution in [0.4, 0.5) is 27.4 Å². The number of H-pyrrole nitrogens is 1. The van der Waals surface area contributed by atoms with E-state index < -0.39 is 17.6 Å². The van der Waals surface area contributed by atoms with Gasteiger partial charge in [-0.1, -0.05) is 41.4 Å². The Hall–Kier alpha value is -4.13. The molecule has 1 aliphatic rings. The lowest BCUT2D eigenvalue weighted by Crippen LogP contribution is -2.44. The third-order valence-corrected chi connectivity index (χ3v) is 7.91. The number of anilines is 4. The molecule has 0 bridgehead atoms. The van der Waals surface area contributed by atoms with E-state index in [2.05, 4.69) is 25.5 Å². The maximum atomic E-state index is 13.5. The maximum absolute atomic E-state index is 13.5. The van der Waals surface area contributed by atoms with Gasteiger partial charge in [-0.25, -0.2) is 14.4 Å². The maximum Gasteiger partial charge on any atom is 0.270 e. The topological polar surface area (TPSA) is 119 Å². The molecule has 2 aromatic heterocycles. The molecule has 1 saturated heterocycles. The first-order valence-electron chi connectivity index (χ1n) is 13.9. The summed E-state index contributed by atoms with van der Waals surface area (Å²) in [6.45, 7) is 1.71. The lowest BCUT2D eigenvalue weighted by molar-refractivity contribution is -0.127. The minimum atomic E-state index is -2.24. The van der Waals surface area contributed by atoms with Crippen molar-refractivity contribution in [1.29, 1.82) is 0 Å². The highest BCUT2D eigenvalue weighted by Gasteiger charge is 2.36. The lowest BCUT2D eigenvalue weighted by Gasteiger charge is -2.29. The molecule has 1 aliphatic heterocycles. The number of ether oxygens (including phenoxy) is 1. The average molecular weight is 644 g/mol. The smallest absolute Gasteiger partial charge is 0.270 e. The van der Waals surface area contributed by atoms with Gasteiger partial charge in [0.05, 0.1) is 41.1 Å². The molecule has 232 valence electrons. The summed E-state index contributed by atoms with van der Waals surface area (Å²) in [6.07, 6.45) is 3.67. The van der Waals surface area contributed by atoms with Gasteiger partial charge in [-0.05, 0) is 32.6 Å². The monoisotopic (exact) mass is 642 g/mol. The zero-order valence-electron chi connectivity index (χ0n) is 24.7. The van der Waals surface area contributed by atoms with Gasteiger partial charge in [-0.15, -0.1) is 0 Å². The predicted molar refractivity (Wildman–Crippen MR) is 172 cm³/mol. The van der Waals surface area contributed by atoms with Crippen LogP contribution < -0.4 is 25.2 Å². The Morgan fingerprint density at radius 3 is 2.75 bits per heavy atom. The number of likely N-dealkylation sites (N-methyl/N-ethyl adjacent to an activating group) is 2. The van der Waals surface area contributed by atoms with Gasteiger partial charge < -0.3 is 35.1 Å². The number of halogens is 3. The van der Waals surface area contributed by atoms with Crippen LogP contribution in [0.2, 0.25) is 5.02 Å². The standard InChI is InChI=1S/C30H33Cl2FN8O3/c1-39(2)11-12-40(3)23-14-25(44-4)22(13-24(23)41-10-9-21(29(41)43)36-28(42)27(32)33)37-30-35-16-19(31)26(38-30)18-15-34-20-8-6-5-7-17(18)20/h5-8,13-16,21,27,34H,9-12H2,1-4H3,(H,36,42)(H,35,37,38)/t21-,27?/m0/s1. The summed E-state index contributed by atoms with van der Waals surface area (Å²) in [7, 11) is 7.43. The Kier molecular flexibility index (Phi) is 9.42. The molecule has 0 radical (unpaired) electrons. The van der Waals surface area contributed by atoms with E-state index in [9.17, 15) is 14.0 Å². The van der Waals surface area contributed by atoms with Crippen LogP contribution in [-0.2, 0) is 9.59 Å². The number of aromatic nitrogens is 3. The van der Waals surface area contributed by atoms with Crippen molar-refractivity contribution in [3.8, 4) is 17.0 Å². The molecule has 1 fully saturated rings. The van der Waals surface area contributed by atoms with Crippen LogP contribution in [0.1, 0.15) is 6.42 Å². The van der Waals surface area contributed by atoms with Crippen LogP contribution in [0.15, 0.2) is 48.8 Å². The molecule has 0 aliphatic carbocycles. The van der Waals surface area contributed by atoms with Gasteiger partial charge in [0.2, 0.25) is 11.9 Å². The van der Waals surface area contributed by atoms with Crippen molar-refractivity contribution in [2.75, 3.05) is 63.0 Å². The van der Waals surface area contributed by atoms with Crippen molar-refractivity contribution in [2.45, 2.75) is 18.1 Å². The number of methoxy groups -OCH3 is 1. The molecule has 1 unspecified atom stereocenters. The van der Waals surface area contributed by atoms with Gasteiger partial charge in [-0.2, -0.15) is 0 Å². The number of nitrogens with one attached hydrogen (secondary N) is 3. The van der Waals surface area contributed by atoms with Crippen molar-refractivity contribution in [3.63, 3.8) is 0 Å². The molecule has 2 atom stereocenters. The molecule has 14 heteroatoms. The molecular weight excluding hydrogens is 610 g/mol. The highest BCUT2D eigenvalue weighted by atomic mass is 35.5. The molecule has 5 rings (SSSR count). The van der Waals surface area contributed by atoms with Crippen molar-refractivity contribution >= 4 is 68.9 Å². The third-order valence-electron chi connectivity index (χ3n) is 7.44. The van der Waals surface area contributed by atoms with E-state index in [0.29, 0.717) is 40.9 Å². The van der Waals surface area contributed by atoms with E-state index in [1.54, 1.807) is 18.1 Å². The van der Waals surface area contributed by atoms with Crippen LogP contribution in [0.3, 0.4) is 0 Å². The van der Waals surface area contributed by atoms with Gasteiger partial charge in [-0.3, -0.25) is 9.59 Å². The van der Waals surface area contributed by atoms with Crippen molar-refractivity contribution in [3.05, 3.63) is 53.8 Å². The van der Waals surface area contributed by atoms with Crippen LogP contribution >= 0.6 is 23.2 Å². The third kappa shape index (κ3) is 6.52. The first kappa shape index (κ1) is 31.3. The van der Waals surface area contributed by atoms with E-state index in [-0.39, 0.29) is 18.3 Å². The van der Waals surface area contributed by atoms with Gasteiger partial charge in [0.25, 0.3) is 11.5 Å². The number of aromatic amines is 1. The number of para-hydroxylation sites is 1. The SMILES string of the molecule is COc1cc(N(C)CCN(C)C)c(N2CC[C@H](NC(=O)C(F)Cl)C2=O)cc1Nc1ncc(Cl)c(-c2c[nH]c3ccccc23)n1. The van der Waals surface area contributed by atoms with E-state index in [1.807, 2.05) is 62.6 Å². The summed E-state index contributed by atoms with van der Waals surface area (Å²) in [5, 5.41) is 6.98. The zero-order valence-corrected chi connectivity index (χ0v) is 26.2. The predicted octanol–water partition coefficient (Wildman–Crippen LogP) is 4.78. The number of amides is 2. The fourth-order valence-corrected chi connectivity index (χ4v) is 5.36. The number of fused-ring (bicyclic) bond motifs is 1. The van der Waals surface area contributed by atoms with Crippen molar-refractivity contribution < 1.29 is 18.7 Å². The second-order valence-corrected chi connectivity index (χ2v) is 11.5. The molecule has 0 spiro atoms. The van der Waals surface area contributed by atoms with Gasteiger partial charge in [0, 0.05) is 55.4 Å². The number of hydrogen-bond acceptors (Lipinski definition) is 8. The number of benzene rings is 2. The van der Waals surface area contributed by atoms with E-state index in [4.69, 9.17) is 32.9 Å². The molecule has 0 saturated carbocycles. The quantitative estimate of drug-likeness (QED) is 0.200. The zero-order chi connectivity index (χ0) is 31.5. The highest BCUT2D eigenvalue weighted by Crippen LogP contribution is 2.41. The number of carbonyl (C=O) groups is 2. The van der Waals surface area contributed by atoms with Crippen LogP contribution in [-0.4, -0.2) is 91.2 Å². The Bertz CT molecular complexity index is 1680. The van der Waals surface area contributed by atoms with Gasteiger partial charge in [0.15, 0.2) is 0 Å². The molecule has 3 heterocycles. The first-order chi connectivity index (χ1) is 21.1. The van der Waals surface area contributed by atoms with Gasteiger partial charge >= 0.3 is 0 Å². The Labute approximate surface area is 264 Å². The van der Waals surface area contributed by atoms with Crippen LogP contribution in [0, 0.1) is 0 Å². The molecule has 44 heavy (non-hydrogen) atoms. The highest BCUT2D eigenvalue weighted by molar-refractivity contribution is 6.33. The number of nitrogens with zero attached hydrogens (tertiary/aromatic N) is 5. The minimum absolute atomic E-state index is 0.265. The lowest BCUT2D eigenvalue weighted by atomic mass is 10.1. The summed E-state index contributed by atoms with van der Waals surface area (Å²) in [5.74, 6) is -0.662. The summed E-state index contributed by atoms with van der Waals surface area (Å²) in [5.41, 5.74) is 1.88. The Balaban J connectivity index is 1.52. The Morgan fingerprint density at radius 2 is 2.02 bits per heavy atom. The number of hydrogen-bond donors (Lipinski definition) is 3. The second-order valence-electron chi connectivity index (χ2n) is 10.7. The summed E-state index contributed by atoms with van der Waals surface area (Å²) < 4.78 is 19.1. The molecule has 3 N–H and O–H groups in total. The van der Waals surface area contributed by atoms with Gasteiger partial charge in [0.1, 0.15) is 11.8 Å². The van der Waals surface area contributed by atoms with Crippen LogP contribution in [0.25, 0.3) is 22.2 Å².